The fraction of sp³-hybridized carbons (Fsp3) is 0.429. The van der Waals surface area contributed by atoms with Crippen molar-refractivity contribution < 1.29 is 0 Å². The zero-order chi connectivity index (χ0) is 10.8. The first-order valence-corrected chi connectivity index (χ1v) is 5.58. The first-order valence-electron chi connectivity index (χ1n) is 5.58. The van der Waals surface area contributed by atoms with Crippen molar-refractivity contribution in [3.63, 3.8) is 0 Å². The fourth-order valence-corrected chi connectivity index (χ4v) is 2.39. The summed E-state index contributed by atoms with van der Waals surface area (Å²) in [5, 5.41) is 0. The number of hydrogen-bond acceptors (Lipinski definition) is 1. The maximum Gasteiger partial charge on any atom is 0.0199 e. The van der Waals surface area contributed by atoms with E-state index in [0.29, 0.717) is 5.92 Å². The molecule has 1 aromatic carbocycles. The highest BCUT2D eigenvalue weighted by atomic mass is 15.1. The first-order chi connectivity index (χ1) is 7.18. The van der Waals surface area contributed by atoms with Gasteiger partial charge in [-0.25, -0.2) is 0 Å². The monoisotopic (exact) mass is 201 g/mol. The van der Waals surface area contributed by atoms with Crippen LogP contribution in [-0.4, -0.2) is 25.0 Å². The number of rotatable bonds is 1. The Morgan fingerprint density at radius 2 is 1.87 bits per heavy atom. The lowest BCUT2D eigenvalue weighted by Crippen LogP contribution is -2.13. The second kappa shape index (κ2) is 4.19. The molecule has 0 radical (unpaired) electrons. The van der Waals surface area contributed by atoms with E-state index in [1.807, 2.05) is 0 Å². The molecule has 1 nitrogen and oxygen atoms in total. The quantitative estimate of drug-likeness (QED) is 0.631. The molecule has 1 fully saturated rings. The van der Waals surface area contributed by atoms with E-state index in [1.165, 1.54) is 11.1 Å². The van der Waals surface area contributed by atoms with Crippen LogP contribution in [-0.2, 0) is 0 Å². The number of likely N-dealkylation sites (tertiary alicyclic amines) is 1. The second-order valence-electron chi connectivity index (χ2n) is 4.69. The van der Waals surface area contributed by atoms with E-state index in [2.05, 4.69) is 56.1 Å². The fourth-order valence-electron chi connectivity index (χ4n) is 2.39. The Kier molecular flexibility index (Phi) is 2.92. The van der Waals surface area contributed by atoms with Crippen LogP contribution in [0.1, 0.15) is 25.3 Å². The summed E-state index contributed by atoms with van der Waals surface area (Å²) in [5.74, 6) is 0.612. The highest BCUT2D eigenvalue weighted by molar-refractivity contribution is 5.34. The molecule has 2 rings (SSSR count). The molecule has 1 aliphatic rings. The van der Waals surface area contributed by atoms with Gasteiger partial charge in [0, 0.05) is 19.0 Å². The van der Waals surface area contributed by atoms with Crippen molar-refractivity contribution in [1.29, 1.82) is 0 Å². The van der Waals surface area contributed by atoms with Crippen LogP contribution in [0.5, 0.6) is 0 Å². The van der Waals surface area contributed by atoms with Crippen LogP contribution in [0.15, 0.2) is 41.5 Å². The van der Waals surface area contributed by atoms with E-state index in [4.69, 9.17) is 0 Å². The minimum Gasteiger partial charge on any atom is -0.301 e. The van der Waals surface area contributed by atoms with Crippen LogP contribution in [0, 0.1) is 0 Å². The van der Waals surface area contributed by atoms with Crippen LogP contribution < -0.4 is 0 Å². The summed E-state index contributed by atoms with van der Waals surface area (Å²) in [6, 6.07) is 10.8. The van der Waals surface area contributed by atoms with Crippen molar-refractivity contribution in [3.05, 3.63) is 47.0 Å². The minimum atomic E-state index is 0.612. The van der Waals surface area contributed by atoms with Crippen molar-refractivity contribution in [3.8, 4) is 0 Å². The number of benzene rings is 1. The molecule has 0 spiro atoms. The van der Waals surface area contributed by atoms with Crippen molar-refractivity contribution in [2.75, 3.05) is 20.1 Å². The summed E-state index contributed by atoms with van der Waals surface area (Å²) in [6.45, 7) is 6.74. The van der Waals surface area contributed by atoms with Crippen LogP contribution in [0.4, 0.5) is 0 Å². The van der Waals surface area contributed by atoms with Gasteiger partial charge in [-0.3, -0.25) is 0 Å². The predicted octanol–water partition coefficient (Wildman–Crippen LogP) is 3.05. The number of allylic oxidation sites excluding steroid dienone is 1. The highest BCUT2D eigenvalue weighted by Gasteiger charge is 2.26. The van der Waals surface area contributed by atoms with Gasteiger partial charge in [0.05, 0.1) is 0 Å². The Bertz CT molecular complexity index is 360. The molecule has 0 saturated carbocycles. The lowest BCUT2D eigenvalue weighted by Gasteiger charge is -2.13. The van der Waals surface area contributed by atoms with Crippen molar-refractivity contribution in [1.82, 2.24) is 4.90 Å². The lowest BCUT2D eigenvalue weighted by atomic mass is 9.91. The molecule has 0 N–H and O–H groups in total. The predicted molar refractivity (Wildman–Crippen MR) is 65.1 cm³/mol. The molecule has 0 amide bonds. The van der Waals surface area contributed by atoms with Gasteiger partial charge >= 0.3 is 0 Å². The van der Waals surface area contributed by atoms with Gasteiger partial charge in [-0.2, -0.15) is 0 Å². The molecular weight excluding hydrogens is 182 g/mol. The molecule has 1 heteroatoms. The molecule has 0 aromatic heterocycles. The third-order valence-corrected chi connectivity index (χ3v) is 3.20. The van der Waals surface area contributed by atoms with Gasteiger partial charge in [0.25, 0.3) is 0 Å². The van der Waals surface area contributed by atoms with Crippen LogP contribution >= 0.6 is 0 Å². The molecule has 1 atom stereocenters. The zero-order valence-electron chi connectivity index (χ0n) is 9.83. The Labute approximate surface area is 92.4 Å². The summed E-state index contributed by atoms with van der Waals surface area (Å²) in [7, 11) is 2.20. The Hall–Kier alpha value is -1.08. The summed E-state index contributed by atoms with van der Waals surface area (Å²) in [6.07, 6.45) is 0. The molecule has 0 aliphatic carbocycles. The lowest BCUT2D eigenvalue weighted by molar-refractivity contribution is 0.415. The van der Waals surface area contributed by atoms with E-state index in [0.717, 1.165) is 13.1 Å². The molecule has 15 heavy (non-hydrogen) atoms. The maximum absolute atomic E-state index is 2.40. The van der Waals surface area contributed by atoms with Gasteiger partial charge in [-0.1, -0.05) is 35.9 Å². The van der Waals surface area contributed by atoms with E-state index in [-0.39, 0.29) is 0 Å². The number of likely N-dealkylation sites (N-methyl/N-ethyl adjacent to an activating group) is 1. The molecule has 80 valence electrons. The summed E-state index contributed by atoms with van der Waals surface area (Å²) >= 11 is 0. The maximum atomic E-state index is 2.40. The topological polar surface area (TPSA) is 3.24 Å². The Morgan fingerprint density at radius 3 is 2.47 bits per heavy atom. The summed E-state index contributed by atoms with van der Waals surface area (Å²) < 4.78 is 0. The smallest absolute Gasteiger partial charge is 0.0199 e. The van der Waals surface area contributed by atoms with E-state index in [1.54, 1.807) is 5.57 Å². The van der Waals surface area contributed by atoms with Gasteiger partial charge in [0.15, 0.2) is 0 Å². The molecule has 1 saturated heterocycles. The second-order valence-corrected chi connectivity index (χ2v) is 4.69. The van der Waals surface area contributed by atoms with Crippen LogP contribution in [0.25, 0.3) is 0 Å². The molecular formula is C14H19N. The van der Waals surface area contributed by atoms with E-state index >= 15 is 0 Å². The van der Waals surface area contributed by atoms with Crippen molar-refractivity contribution >= 4 is 0 Å². The van der Waals surface area contributed by atoms with Gasteiger partial charge in [0.2, 0.25) is 0 Å². The zero-order valence-corrected chi connectivity index (χ0v) is 9.83. The van der Waals surface area contributed by atoms with E-state index in [9.17, 15) is 0 Å². The third-order valence-electron chi connectivity index (χ3n) is 3.20. The SMILES string of the molecule is CC(C)=C1CN(C)CC1c1ccccc1. The van der Waals surface area contributed by atoms with Crippen LogP contribution in [0.3, 0.4) is 0 Å². The van der Waals surface area contributed by atoms with Gasteiger partial charge in [0.1, 0.15) is 0 Å². The van der Waals surface area contributed by atoms with E-state index < -0.39 is 0 Å². The summed E-state index contributed by atoms with van der Waals surface area (Å²) in [4.78, 5) is 2.40. The molecule has 1 heterocycles. The number of hydrogen-bond donors (Lipinski definition) is 0. The molecule has 0 bridgehead atoms. The standard InChI is InChI=1S/C14H19N/c1-11(2)13-9-15(3)10-14(13)12-7-5-4-6-8-12/h4-8,14H,9-10H2,1-3H3. The van der Waals surface area contributed by atoms with Crippen LogP contribution in [0.2, 0.25) is 0 Å². The van der Waals surface area contributed by atoms with Crippen molar-refractivity contribution in [2.45, 2.75) is 19.8 Å². The van der Waals surface area contributed by atoms with Crippen molar-refractivity contribution in [2.24, 2.45) is 0 Å². The molecule has 1 aromatic rings. The van der Waals surface area contributed by atoms with Gasteiger partial charge < -0.3 is 4.90 Å². The first kappa shape index (κ1) is 10.4. The van der Waals surface area contributed by atoms with Gasteiger partial charge in [-0.05, 0) is 32.0 Å². The third kappa shape index (κ3) is 2.13. The summed E-state index contributed by atoms with van der Waals surface area (Å²) in [5.41, 5.74) is 4.54. The average molecular weight is 201 g/mol. The Morgan fingerprint density at radius 1 is 1.20 bits per heavy atom. The van der Waals surface area contributed by atoms with Gasteiger partial charge in [-0.15, -0.1) is 0 Å². The normalized spacial score (nSPS) is 22.1. The minimum absolute atomic E-state index is 0.612. The Balaban J connectivity index is 2.33. The molecule has 1 unspecified atom stereocenters. The average Bonchev–Trinajstić information content (AvgIpc) is 2.62. The highest BCUT2D eigenvalue weighted by Crippen LogP contribution is 2.32. The number of nitrogens with zero attached hydrogens (tertiary/aromatic N) is 1. The molecule has 1 aliphatic heterocycles. The largest absolute Gasteiger partial charge is 0.301 e.